The smallest absolute Gasteiger partial charge is 0.407 e. The van der Waals surface area contributed by atoms with Crippen LogP contribution in [0.3, 0.4) is 0 Å². The molecule has 4 rings (SSSR count). The zero-order chi connectivity index (χ0) is 25.2. The Morgan fingerprint density at radius 3 is 2.20 bits per heavy atom. The van der Waals surface area contributed by atoms with Gasteiger partial charge in [0.1, 0.15) is 6.61 Å². The number of carboxylic acids is 1. The molecule has 1 saturated carbocycles. The van der Waals surface area contributed by atoms with Crippen LogP contribution in [0.15, 0.2) is 48.5 Å². The van der Waals surface area contributed by atoms with Gasteiger partial charge in [0.2, 0.25) is 5.91 Å². The van der Waals surface area contributed by atoms with Crippen molar-refractivity contribution in [1.29, 1.82) is 0 Å². The number of carboxylic acid groups (broad SMARTS) is 1. The van der Waals surface area contributed by atoms with E-state index >= 15 is 0 Å². The van der Waals surface area contributed by atoms with E-state index in [2.05, 4.69) is 34.9 Å². The lowest BCUT2D eigenvalue weighted by atomic mass is 9.61. The van der Waals surface area contributed by atoms with Gasteiger partial charge in [-0.15, -0.1) is 0 Å². The third-order valence-corrected chi connectivity index (χ3v) is 8.05. The summed E-state index contributed by atoms with van der Waals surface area (Å²) in [6.07, 6.45) is 0.759. The molecule has 2 aromatic rings. The van der Waals surface area contributed by atoms with Gasteiger partial charge in [-0.25, -0.2) is 4.79 Å². The molecule has 186 valence electrons. The van der Waals surface area contributed by atoms with Gasteiger partial charge in [0.05, 0.1) is 5.92 Å². The number of carbonyl (C=O) groups excluding carboxylic acids is 2. The molecule has 7 heteroatoms. The van der Waals surface area contributed by atoms with Crippen LogP contribution in [0.4, 0.5) is 4.79 Å². The second kappa shape index (κ2) is 10.1. The standard InChI is InChI=1S/C28H34N2O5/c1-17-24(13-12-23(26(32)33)28(17,2)3)30-25(31)14-15-29-27(34)35-16-22-20-10-6-4-8-18(20)19-9-5-7-11-21(19)22/h4-11,17,22-24H,12-16H2,1-3H3,(H,29,34)(H,30,31)(H,32,33). The topological polar surface area (TPSA) is 105 Å². The maximum Gasteiger partial charge on any atom is 0.407 e. The van der Waals surface area contributed by atoms with E-state index in [0.29, 0.717) is 12.8 Å². The normalized spacial score (nSPS) is 22.5. The Morgan fingerprint density at radius 1 is 1.00 bits per heavy atom. The van der Waals surface area contributed by atoms with Crippen LogP contribution < -0.4 is 10.6 Å². The molecule has 0 aromatic heterocycles. The second-order valence-electron chi connectivity index (χ2n) is 10.3. The largest absolute Gasteiger partial charge is 0.481 e. The van der Waals surface area contributed by atoms with E-state index in [4.69, 9.17) is 4.74 Å². The number of rotatable bonds is 7. The first-order chi connectivity index (χ1) is 16.7. The van der Waals surface area contributed by atoms with Crippen molar-refractivity contribution in [2.24, 2.45) is 17.3 Å². The van der Waals surface area contributed by atoms with Gasteiger partial charge in [0.15, 0.2) is 0 Å². The van der Waals surface area contributed by atoms with Crippen LogP contribution >= 0.6 is 0 Å². The minimum Gasteiger partial charge on any atom is -0.481 e. The van der Waals surface area contributed by atoms with Crippen LogP contribution in [-0.2, 0) is 14.3 Å². The Bertz CT molecular complexity index is 1070. The molecule has 2 aliphatic carbocycles. The number of carbonyl (C=O) groups is 3. The lowest BCUT2D eigenvalue weighted by Gasteiger charge is -2.46. The summed E-state index contributed by atoms with van der Waals surface area (Å²) in [5.41, 5.74) is 4.22. The van der Waals surface area contributed by atoms with Crippen LogP contribution in [0.2, 0.25) is 0 Å². The summed E-state index contributed by atoms with van der Waals surface area (Å²) in [5, 5.41) is 15.2. The average Bonchev–Trinajstić information content (AvgIpc) is 3.14. The summed E-state index contributed by atoms with van der Waals surface area (Å²) < 4.78 is 5.51. The number of nitrogens with one attached hydrogen (secondary N) is 2. The van der Waals surface area contributed by atoms with Crippen LogP contribution in [0.5, 0.6) is 0 Å². The maximum atomic E-state index is 12.5. The number of benzene rings is 2. The van der Waals surface area contributed by atoms with Gasteiger partial charge in [-0.05, 0) is 46.4 Å². The zero-order valence-electron chi connectivity index (χ0n) is 20.5. The summed E-state index contributed by atoms with van der Waals surface area (Å²) >= 11 is 0. The van der Waals surface area contributed by atoms with Crippen molar-refractivity contribution in [3.63, 3.8) is 0 Å². The first kappa shape index (κ1) is 24.8. The molecule has 3 N–H and O–H groups in total. The van der Waals surface area contributed by atoms with Gasteiger partial charge in [0.25, 0.3) is 0 Å². The van der Waals surface area contributed by atoms with Crippen LogP contribution in [0, 0.1) is 17.3 Å². The molecule has 3 unspecified atom stereocenters. The Labute approximate surface area is 206 Å². The van der Waals surface area contributed by atoms with E-state index in [1.54, 1.807) is 0 Å². The molecule has 7 nitrogen and oxygen atoms in total. The van der Waals surface area contributed by atoms with E-state index in [-0.39, 0.29) is 43.4 Å². The molecule has 0 aliphatic heterocycles. The van der Waals surface area contributed by atoms with Gasteiger partial charge in [-0.2, -0.15) is 0 Å². The third kappa shape index (κ3) is 5.04. The highest BCUT2D eigenvalue weighted by Crippen LogP contribution is 2.45. The lowest BCUT2D eigenvalue weighted by molar-refractivity contribution is -0.150. The minimum absolute atomic E-state index is 0.0118. The molecule has 0 radical (unpaired) electrons. The van der Waals surface area contributed by atoms with E-state index < -0.39 is 23.4 Å². The number of ether oxygens (including phenoxy) is 1. The lowest BCUT2D eigenvalue weighted by Crippen LogP contribution is -2.52. The summed E-state index contributed by atoms with van der Waals surface area (Å²) in [5.74, 6) is -1.34. The third-order valence-electron chi connectivity index (χ3n) is 8.05. The monoisotopic (exact) mass is 478 g/mol. The Kier molecular flexibility index (Phi) is 7.15. The molecule has 2 aromatic carbocycles. The van der Waals surface area contributed by atoms with Crippen molar-refractivity contribution in [2.75, 3.05) is 13.2 Å². The first-order valence-electron chi connectivity index (χ1n) is 12.3. The molecular weight excluding hydrogens is 444 g/mol. The van der Waals surface area contributed by atoms with Crippen LogP contribution in [-0.4, -0.2) is 42.3 Å². The summed E-state index contributed by atoms with van der Waals surface area (Å²) in [7, 11) is 0. The summed E-state index contributed by atoms with van der Waals surface area (Å²) in [6, 6.07) is 16.2. The average molecular weight is 479 g/mol. The van der Waals surface area contributed by atoms with Gasteiger partial charge < -0.3 is 20.5 Å². The maximum absolute atomic E-state index is 12.5. The van der Waals surface area contributed by atoms with Crippen molar-refractivity contribution in [3.8, 4) is 11.1 Å². The number of hydrogen-bond donors (Lipinski definition) is 3. The summed E-state index contributed by atoms with van der Waals surface area (Å²) in [4.78, 5) is 36.4. The first-order valence-corrected chi connectivity index (χ1v) is 12.3. The van der Waals surface area contributed by atoms with Crippen molar-refractivity contribution in [3.05, 3.63) is 59.7 Å². The number of fused-ring (bicyclic) bond motifs is 3. The fourth-order valence-corrected chi connectivity index (χ4v) is 5.65. The van der Waals surface area contributed by atoms with Crippen molar-refractivity contribution >= 4 is 18.0 Å². The molecule has 0 spiro atoms. The molecule has 3 atom stereocenters. The predicted molar refractivity (Wildman–Crippen MR) is 133 cm³/mol. The Hall–Kier alpha value is -3.35. The molecule has 35 heavy (non-hydrogen) atoms. The fraction of sp³-hybridized carbons (Fsp3) is 0.464. The quantitative estimate of drug-likeness (QED) is 0.541. The fourth-order valence-electron chi connectivity index (χ4n) is 5.65. The highest BCUT2D eigenvalue weighted by molar-refractivity contribution is 5.79. The van der Waals surface area contributed by atoms with E-state index in [1.807, 2.05) is 45.0 Å². The number of aliphatic carboxylic acids is 1. The molecule has 0 bridgehead atoms. The van der Waals surface area contributed by atoms with Gasteiger partial charge in [-0.3, -0.25) is 9.59 Å². The van der Waals surface area contributed by atoms with Crippen LogP contribution in [0.25, 0.3) is 11.1 Å². The van der Waals surface area contributed by atoms with E-state index in [9.17, 15) is 19.5 Å². The van der Waals surface area contributed by atoms with Crippen molar-refractivity contribution in [2.45, 2.75) is 52.0 Å². The van der Waals surface area contributed by atoms with Crippen molar-refractivity contribution < 1.29 is 24.2 Å². The highest BCUT2D eigenvalue weighted by Gasteiger charge is 2.46. The van der Waals surface area contributed by atoms with Gasteiger partial charge >= 0.3 is 12.1 Å². The molecule has 0 saturated heterocycles. The van der Waals surface area contributed by atoms with E-state index in [1.165, 1.54) is 11.1 Å². The van der Waals surface area contributed by atoms with E-state index in [0.717, 1.165) is 11.1 Å². The SMILES string of the molecule is CC1C(NC(=O)CCNC(=O)OCC2c3ccccc3-c3ccccc32)CCC(C(=O)O)C1(C)C. The molecule has 0 heterocycles. The van der Waals surface area contributed by atoms with Gasteiger partial charge in [0, 0.05) is 24.9 Å². The second-order valence-corrected chi connectivity index (χ2v) is 10.3. The molecule has 1 fully saturated rings. The zero-order valence-corrected chi connectivity index (χ0v) is 20.5. The Balaban J connectivity index is 1.23. The predicted octanol–water partition coefficient (Wildman–Crippen LogP) is 4.56. The highest BCUT2D eigenvalue weighted by atomic mass is 16.5. The minimum atomic E-state index is -0.779. The Morgan fingerprint density at radius 2 is 1.60 bits per heavy atom. The number of amides is 2. The van der Waals surface area contributed by atoms with Gasteiger partial charge in [-0.1, -0.05) is 69.3 Å². The molecule has 2 amide bonds. The summed E-state index contributed by atoms with van der Waals surface area (Å²) in [6.45, 7) is 6.30. The van der Waals surface area contributed by atoms with Crippen molar-refractivity contribution in [1.82, 2.24) is 10.6 Å². The molecule has 2 aliphatic rings. The van der Waals surface area contributed by atoms with Crippen LogP contribution in [0.1, 0.15) is 57.1 Å². The number of hydrogen-bond acceptors (Lipinski definition) is 4. The number of alkyl carbamates (subject to hydrolysis) is 1. The molecular formula is C28H34N2O5.